The maximum atomic E-state index is 12.9. The van der Waals surface area contributed by atoms with Crippen molar-refractivity contribution >= 4 is 17.4 Å². The summed E-state index contributed by atoms with van der Waals surface area (Å²) in [6, 6.07) is 10.3. The van der Waals surface area contributed by atoms with Gasteiger partial charge in [-0.25, -0.2) is 4.98 Å². The van der Waals surface area contributed by atoms with Crippen LogP contribution in [0.3, 0.4) is 0 Å². The molecule has 0 bridgehead atoms. The lowest BCUT2D eigenvalue weighted by molar-refractivity contribution is 0.0664. The number of amides is 1. The topological polar surface area (TPSA) is 42.9 Å². The summed E-state index contributed by atoms with van der Waals surface area (Å²) in [5.74, 6) is 1.03. The van der Waals surface area contributed by atoms with Crippen molar-refractivity contribution in [1.29, 1.82) is 0 Å². The molecule has 29 heavy (non-hydrogen) atoms. The van der Waals surface area contributed by atoms with E-state index in [0.717, 1.165) is 63.7 Å². The van der Waals surface area contributed by atoms with E-state index in [1.807, 2.05) is 17.0 Å². The molecule has 0 N–H and O–H groups in total. The van der Waals surface area contributed by atoms with E-state index in [1.54, 1.807) is 6.20 Å². The van der Waals surface area contributed by atoms with Gasteiger partial charge in [-0.1, -0.05) is 12.1 Å². The summed E-state index contributed by atoms with van der Waals surface area (Å²) in [6.07, 6.45) is 1.77. The SMILES string of the molecule is Cc1cccc(N2CCN(c3cc(C(=O)N4CCN(C)CC4)ccn3)CC2)c1C. The zero-order chi connectivity index (χ0) is 20.4. The standard InChI is InChI=1S/C23H31N5O/c1-18-5-4-6-21(19(18)2)26-13-15-27(16-14-26)22-17-20(7-8-24-22)23(29)28-11-9-25(3)10-12-28/h4-8,17H,9-16H2,1-3H3. The van der Waals surface area contributed by atoms with E-state index in [9.17, 15) is 4.79 Å². The van der Waals surface area contributed by atoms with Gasteiger partial charge >= 0.3 is 0 Å². The minimum absolute atomic E-state index is 0.121. The molecular weight excluding hydrogens is 362 g/mol. The predicted molar refractivity (Wildman–Crippen MR) is 118 cm³/mol. The smallest absolute Gasteiger partial charge is 0.254 e. The van der Waals surface area contributed by atoms with Crippen molar-refractivity contribution < 1.29 is 4.79 Å². The lowest BCUT2D eigenvalue weighted by Crippen LogP contribution is -2.48. The maximum absolute atomic E-state index is 12.9. The van der Waals surface area contributed by atoms with Gasteiger partial charge in [0, 0.05) is 69.8 Å². The molecule has 4 rings (SSSR count). The van der Waals surface area contributed by atoms with Crippen LogP contribution in [0.4, 0.5) is 11.5 Å². The molecule has 6 nitrogen and oxygen atoms in total. The molecule has 154 valence electrons. The van der Waals surface area contributed by atoms with Gasteiger partial charge in [-0.3, -0.25) is 4.79 Å². The van der Waals surface area contributed by atoms with Crippen molar-refractivity contribution in [2.24, 2.45) is 0 Å². The number of benzene rings is 1. The van der Waals surface area contributed by atoms with Gasteiger partial charge in [-0.15, -0.1) is 0 Å². The number of hydrogen-bond acceptors (Lipinski definition) is 5. The van der Waals surface area contributed by atoms with Gasteiger partial charge in [-0.05, 0) is 50.2 Å². The molecular formula is C23H31N5O. The average Bonchev–Trinajstić information content (AvgIpc) is 2.76. The average molecular weight is 394 g/mol. The Hall–Kier alpha value is -2.60. The Kier molecular flexibility index (Phi) is 5.72. The molecule has 0 unspecified atom stereocenters. The van der Waals surface area contributed by atoms with Crippen molar-refractivity contribution in [3.8, 4) is 0 Å². The minimum Gasteiger partial charge on any atom is -0.368 e. The summed E-state index contributed by atoms with van der Waals surface area (Å²) in [5, 5.41) is 0. The summed E-state index contributed by atoms with van der Waals surface area (Å²) in [4.78, 5) is 26.4. The normalized spacial score (nSPS) is 18.2. The Balaban J connectivity index is 1.42. The molecule has 0 radical (unpaired) electrons. The van der Waals surface area contributed by atoms with E-state index < -0.39 is 0 Å². The van der Waals surface area contributed by atoms with E-state index in [-0.39, 0.29) is 5.91 Å². The number of hydrogen-bond donors (Lipinski definition) is 0. The lowest BCUT2D eigenvalue weighted by Gasteiger charge is -2.37. The minimum atomic E-state index is 0.121. The van der Waals surface area contributed by atoms with Crippen LogP contribution < -0.4 is 9.80 Å². The summed E-state index contributed by atoms with van der Waals surface area (Å²) in [5.41, 5.74) is 4.77. The first-order valence-corrected chi connectivity index (χ1v) is 10.5. The van der Waals surface area contributed by atoms with Gasteiger partial charge in [0.1, 0.15) is 5.82 Å². The monoisotopic (exact) mass is 393 g/mol. The quantitative estimate of drug-likeness (QED) is 0.801. The van der Waals surface area contributed by atoms with Crippen LogP contribution >= 0.6 is 0 Å². The van der Waals surface area contributed by atoms with Crippen LogP contribution in [0.25, 0.3) is 0 Å². The lowest BCUT2D eigenvalue weighted by atomic mass is 10.1. The summed E-state index contributed by atoms with van der Waals surface area (Å²) < 4.78 is 0. The molecule has 0 saturated carbocycles. The number of rotatable bonds is 3. The molecule has 0 aliphatic carbocycles. The van der Waals surface area contributed by atoms with Gasteiger partial charge in [0.25, 0.3) is 5.91 Å². The molecule has 1 amide bonds. The summed E-state index contributed by atoms with van der Waals surface area (Å²) in [6.45, 7) is 11.6. The molecule has 2 aliphatic heterocycles. The molecule has 1 aromatic carbocycles. The number of pyridine rings is 1. The number of anilines is 2. The van der Waals surface area contributed by atoms with Crippen LogP contribution in [0.15, 0.2) is 36.5 Å². The zero-order valence-corrected chi connectivity index (χ0v) is 17.8. The third-order valence-corrected chi connectivity index (χ3v) is 6.30. The number of nitrogens with zero attached hydrogens (tertiary/aromatic N) is 5. The van der Waals surface area contributed by atoms with E-state index in [0.29, 0.717) is 0 Å². The molecule has 2 fully saturated rings. The van der Waals surface area contributed by atoms with Crippen LogP contribution in [0, 0.1) is 13.8 Å². The van der Waals surface area contributed by atoms with Gasteiger partial charge in [0.15, 0.2) is 0 Å². The third-order valence-electron chi connectivity index (χ3n) is 6.30. The largest absolute Gasteiger partial charge is 0.368 e. The van der Waals surface area contributed by atoms with Crippen LogP contribution in [0.5, 0.6) is 0 Å². The van der Waals surface area contributed by atoms with Crippen molar-refractivity contribution in [2.75, 3.05) is 69.2 Å². The van der Waals surface area contributed by atoms with Crippen molar-refractivity contribution in [2.45, 2.75) is 13.8 Å². The second-order valence-electron chi connectivity index (χ2n) is 8.19. The molecule has 3 heterocycles. The summed E-state index contributed by atoms with van der Waals surface area (Å²) in [7, 11) is 2.10. The van der Waals surface area contributed by atoms with Crippen molar-refractivity contribution in [3.05, 3.63) is 53.2 Å². The molecule has 0 atom stereocenters. The van der Waals surface area contributed by atoms with E-state index in [1.165, 1.54) is 16.8 Å². The molecule has 6 heteroatoms. The Labute approximate surface area is 173 Å². The first-order chi connectivity index (χ1) is 14.0. The highest BCUT2D eigenvalue weighted by molar-refractivity contribution is 5.95. The van der Waals surface area contributed by atoms with Crippen molar-refractivity contribution in [3.63, 3.8) is 0 Å². The highest BCUT2D eigenvalue weighted by atomic mass is 16.2. The first-order valence-electron chi connectivity index (χ1n) is 10.5. The van der Waals surface area contributed by atoms with Crippen LogP contribution in [-0.4, -0.2) is 80.1 Å². The zero-order valence-electron chi connectivity index (χ0n) is 17.8. The molecule has 0 spiro atoms. The van der Waals surface area contributed by atoms with E-state index >= 15 is 0 Å². The first kappa shape index (κ1) is 19.7. The van der Waals surface area contributed by atoms with Crippen LogP contribution in [0.1, 0.15) is 21.5 Å². The fraction of sp³-hybridized carbons (Fsp3) is 0.478. The second kappa shape index (κ2) is 8.41. The van der Waals surface area contributed by atoms with Gasteiger partial charge < -0.3 is 19.6 Å². The Morgan fingerprint density at radius 1 is 0.897 bits per heavy atom. The number of likely N-dealkylation sites (N-methyl/N-ethyl adjacent to an activating group) is 1. The number of carbonyl (C=O) groups excluding carboxylic acids is 1. The molecule has 1 aromatic heterocycles. The molecule has 2 aromatic rings. The molecule has 2 saturated heterocycles. The highest BCUT2D eigenvalue weighted by Crippen LogP contribution is 2.25. The van der Waals surface area contributed by atoms with Crippen LogP contribution in [-0.2, 0) is 0 Å². The van der Waals surface area contributed by atoms with E-state index in [2.05, 4.69) is 58.8 Å². The van der Waals surface area contributed by atoms with Gasteiger partial charge in [0.05, 0.1) is 0 Å². The van der Waals surface area contributed by atoms with Crippen molar-refractivity contribution in [1.82, 2.24) is 14.8 Å². The van der Waals surface area contributed by atoms with Gasteiger partial charge in [-0.2, -0.15) is 0 Å². The molecule has 2 aliphatic rings. The number of aryl methyl sites for hydroxylation is 1. The fourth-order valence-electron chi connectivity index (χ4n) is 4.17. The Morgan fingerprint density at radius 3 is 2.31 bits per heavy atom. The maximum Gasteiger partial charge on any atom is 0.254 e. The fourth-order valence-corrected chi connectivity index (χ4v) is 4.17. The predicted octanol–water partition coefficient (Wildman–Crippen LogP) is 2.41. The van der Waals surface area contributed by atoms with Crippen LogP contribution in [0.2, 0.25) is 0 Å². The van der Waals surface area contributed by atoms with Gasteiger partial charge in [0.2, 0.25) is 0 Å². The Morgan fingerprint density at radius 2 is 1.59 bits per heavy atom. The highest BCUT2D eigenvalue weighted by Gasteiger charge is 2.23. The number of aromatic nitrogens is 1. The second-order valence-corrected chi connectivity index (χ2v) is 8.19. The Bertz CT molecular complexity index is 867. The third kappa shape index (κ3) is 4.22. The summed E-state index contributed by atoms with van der Waals surface area (Å²) >= 11 is 0. The number of piperazine rings is 2. The van der Waals surface area contributed by atoms with E-state index in [4.69, 9.17) is 0 Å². The number of carbonyl (C=O) groups is 1.